The third-order valence-corrected chi connectivity index (χ3v) is 7.21. The molecule has 1 N–H and O–H groups in total. The lowest BCUT2D eigenvalue weighted by molar-refractivity contribution is -0.129. The van der Waals surface area contributed by atoms with E-state index in [0.717, 1.165) is 10.4 Å². The summed E-state index contributed by atoms with van der Waals surface area (Å²) in [5.41, 5.74) is 1.39. The van der Waals surface area contributed by atoms with Crippen molar-refractivity contribution in [3.63, 3.8) is 0 Å². The summed E-state index contributed by atoms with van der Waals surface area (Å²) in [4.78, 5) is 29.7. The predicted octanol–water partition coefficient (Wildman–Crippen LogP) is 4.58. The van der Waals surface area contributed by atoms with Crippen LogP contribution >= 0.6 is 11.3 Å². The number of nitrogens with zero attached hydrogens (tertiary/aromatic N) is 1. The topological polar surface area (TPSA) is 86.3 Å². The lowest BCUT2D eigenvalue weighted by Crippen LogP contribution is -2.48. The minimum Gasteiger partial charge on any atom is -0.497 e. The van der Waals surface area contributed by atoms with Gasteiger partial charge in [-0.15, -0.1) is 11.3 Å². The first-order valence-corrected chi connectivity index (χ1v) is 12.4. The van der Waals surface area contributed by atoms with Crippen molar-refractivity contribution in [2.75, 3.05) is 33.3 Å². The zero-order valence-corrected chi connectivity index (χ0v) is 21.6. The molecule has 190 valence electrons. The number of carbonyl (C=O) groups excluding carboxylic acids is 2. The van der Waals surface area contributed by atoms with Crippen molar-refractivity contribution >= 4 is 28.8 Å². The van der Waals surface area contributed by atoms with Crippen LogP contribution in [0.3, 0.4) is 0 Å². The molecule has 0 aliphatic carbocycles. The summed E-state index contributed by atoms with van der Waals surface area (Å²) in [6.45, 7) is 0.445. The Labute approximate surface area is 214 Å². The van der Waals surface area contributed by atoms with E-state index in [0.29, 0.717) is 41.7 Å². The molecule has 0 bridgehead atoms. The molecule has 0 spiro atoms. The summed E-state index contributed by atoms with van der Waals surface area (Å²) in [5, 5.41) is 5.05. The highest BCUT2D eigenvalue weighted by molar-refractivity contribution is 7.09. The Morgan fingerprint density at radius 3 is 2.25 bits per heavy atom. The van der Waals surface area contributed by atoms with Gasteiger partial charge in [-0.1, -0.05) is 18.2 Å². The molecule has 9 heteroatoms. The molecule has 1 aliphatic heterocycles. The van der Waals surface area contributed by atoms with Gasteiger partial charge in [0.05, 0.1) is 52.6 Å². The number of rotatable bonds is 9. The second-order valence-electron chi connectivity index (χ2n) is 8.31. The number of hydrogen-bond donors (Lipinski definition) is 1. The number of anilines is 1. The van der Waals surface area contributed by atoms with E-state index in [4.69, 9.17) is 18.9 Å². The van der Waals surface area contributed by atoms with Crippen molar-refractivity contribution in [2.45, 2.75) is 25.4 Å². The van der Waals surface area contributed by atoms with Gasteiger partial charge >= 0.3 is 0 Å². The van der Waals surface area contributed by atoms with Gasteiger partial charge in [-0.25, -0.2) is 0 Å². The summed E-state index contributed by atoms with van der Waals surface area (Å²) in [7, 11) is 6.18. The number of amides is 2. The highest BCUT2D eigenvalue weighted by atomic mass is 32.1. The number of thiophene rings is 1. The molecule has 1 aliphatic rings. The minimum atomic E-state index is -0.539. The van der Waals surface area contributed by atoms with Crippen molar-refractivity contribution in [1.29, 1.82) is 0 Å². The summed E-state index contributed by atoms with van der Waals surface area (Å²) in [5.74, 6) is 1.32. The fourth-order valence-electron chi connectivity index (χ4n) is 4.58. The van der Waals surface area contributed by atoms with Crippen LogP contribution < -0.4 is 29.2 Å². The van der Waals surface area contributed by atoms with Crippen LogP contribution in [-0.2, 0) is 16.1 Å². The van der Waals surface area contributed by atoms with Gasteiger partial charge in [0, 0.05) is 23.4 Å². The van der Waals surface area contributed by atoms with Gasteiger partial charge in [-0.05, 0) is 35.6 Å². The second kappa shape index (κ2) is 11.3. The van der Waals surface area contributed by atoms with E-state index in [9.17, 15) is 9.59 Å². The Balaban J connectivity index is 1.77. The smallest absolute Gasteiger partial charge is 0.227 e. The summed E-state index contributed by atoms with van der Waals surface area (Å²) in [6.07, 6.45) is 0.674. The molecule has 1 fully saturated rings. The number of benzene rings is 2. The van der Waals surface area contributed by atoms with Crippen LogP contribution in [-0.4, -0.2) is 40.3 Å². The Hall–Kier alpha value is -3.72. The van der Waals surface area contributed by atoms with E-state index in [1.807, 2.05) is 41.8 Å². The maximum atomic E-state index is 13.5. The molecule has 2 unspecified atom stereocenters. The molecule has 0 saturated carbocycles. The van der Waals surface area contributed by atoms with Crippen LogP contribution in [0, 0.1) is 5.92 Å². The standard InChI is InChI=1S/C27H30N2O6S/c1-32-19-9-7-17(8-10-19)25-21(27(31)28-16-20-6-5-13-36-20)11-12-24(30)29(25)18-14-22(33-2)26(35-4)23(15-18)34-3/h5-10,13-15,21,25H,11-12,16H2,1-4H3,(H,28,31). The van der Waals surface area contributed by atoms with Crippen molar-refractivity contribution in [1.82, 2.24) is 5.32 Å². The molecule has 3 aromatic rings. The van der Waals surface area contributed by atoms with E-state index < -0.39 is 12.0 Å². The molecule has 2 heterocycles. The fraction of sp³-hybridized carbons (Fsp3) is 0.333. The van der Waals surface area contributed by atoms with Crippen LogP contribution in [0.15, 0.2) is 53.9 Å². The molecular formula is C27H30N2O6S. The average Bonchev–Trinajstić information content (AvgIpc) is 3.44. The predicted molar refractivity (Wildman–Crippen MR) is 138 cm³/mol. The van der Waals surface area contributed by atoms with Gasteiger partial charge < -0.3 is 29.2 Å². The quantitative estimate of drug-likeness (QED) is 0.453. The lowest BCUT2D eigenvalue weighted by Gasteiger charge is -2.41. The van der Waals surface area contributed by atoms with E-state index >= 15 is 0 Å². The number of hydrogen-bond acceptors (Lipinski definition) is 7. The zero-order chi connectivity index (χ0) is 25.7. The molecule has 4 rings (SSSR count). The SMILES string of the molecule is COc1ccc(C2C(C(=O)NCc3cccs3)CCC(=O)N2c2cc(OC)c(OC)c(OC)c2)cc1. The van der Waals surface area contributed by atoms with Gasteiger partial charge in [0.1, 0.15) is 5.75 Å². The molecule has 1 saturated heterocycles. The van der Waals surface area contributed by atoms with E-state index in [1.54, 1.807) is 35.5 Å². The van der Waals surface area contributed by atoms with Crippen LogP contribution in [0.25, 0.3) is 0 Å². The van der Waals surface area contributed by atoms with Gasteiger partial charge in [-0.2, -0.15) is 0 Å². The van der Waals surface area contributed by atoms with Crippen molar-refractivity contribution in [3.8, 4) is 23.0 Å². The van der Waals surface area contributed by atoms with Crippen molar-refractivity contribution < 1.29 is 28.5 Å². The Morgan fingerprint density at radius 2 is 1.69 bits per heavy atom. The van der Waals surface area contributed by atoms with Gasteiger partial charge in [-0.3, -0.25) is 9.59 Å². The minimum absolute atomic E-state index is 0.0904. The third kappa shape index (κ3) is 5.11. The van der Waals surface area contributed by atoms with Crippen molar-refractivity contribution in [3.05, 3.63) is 64.4 Å². The molecule has 1 aromatic heterocycles. The largest absolute Gasteiger partial charge is 0.497 e. The molecular weight excluding hydrogens is 480 g/mol. The maximum Gasteiger partial charge on any atom is 0.227 e. The van der Waals surface area contributed by atoms with Gasteiger partial charge in [0.15, 0.2) is 11.5 Å². The second-order valence-corrected chi connectivity index (χ2v) is 9.34. The molecule has 36 heavy (non-hydrogen) atoms. The molecule has 2 atom stereocenters. The highest BCUT2D eigenvalue weighted by Gasteiger charge is 2.42. The number of nitrogens with one attached hydrogen (secondary N) is 1. The molecule has 8 nitrogen and oxygen atoms in total. The van der Waals surface area contributed by atoms with Crippen molar-refractivity contribution in [2.24, 2.45) is 5.92 Å². The Morgan fingerprint density at radius 1 is 1.00 bits per heavy atom. The molecule has 0 radical (unpaired) electrons. The van der Waals surface area contributed by atoms with E-state index in [-0.39, 0.29) is 18.2 Å². The van der Waals surface area contributed by atoms with E-state index in [1.165, 1.54) is 21.3 Å². The first kappa shape index (κ1) is 25.4. The number of carbonyl (C=O) groups is 2. The number of piperidine rings is 1. The van der Waals surface area contributed by atoms with Crippen LogP contribution in [0.4, 0.5) is 5.69 Å². The number of ether oxygens (including phenoxy) is 4. The fourth-order valence-corrected chi connectivity index (χ4v) is 5.22. The lowest BCUT2D eigenvalue weighted by atomic mass is 9.83. The first-order chi connectivity index (χ1) is 17.5. The Bertz CT molecular complexity index is 1170. The summed E-state index contributed by atoms with van der Waals surface area (Å²) < 4.78 is 21.9. The monoisotopic (exact) mass is 510 g/mol. The third-order valence-electron chi connectivity index (χ3n) is 6.34. The van der Waals surface area contributed by atoms with Crippen LogP contribution in [0.2, 0.25) is 0 Å². The van der Waals surface area contributed by atoms with Crippen LogP contribution in [0.1, 0.15) is 29.3 Å². The summed E-state index contributed by atoms with van der Waals surface area (Å²) >= 11 is 1.59. The Kier molecular flexibility index (Phi) is 8.00. The maximum absolute atomic E-state index is 13.5. The first-order valence-electron chi connectivity index (χ1n) is 11.6. The van der Waals surface area contributed by atoms with E-state index in [2.05, 4.69) is 5.32 Å². The van der Waals surface area contributed by atoms with Gasteiger partial charge in [0.2, 0.25) is 17.6 Å². The van der Waals surface area contributed by atoms with Gasteiger partial charge in [0.25, 0.3) is 0 Å². The molecule has 2 aromatic carbocycles. The van der Waals surface area contributed by atoms with Crippen LogP contribution in [0.5, 0.6) is 23.0 Å². The highest BCUT2D eigenvalue weighted by Crippen LogP contribution is 2.46. The summed E-state index contributed by atoms with van der Waals surface area (Å²) in [6, 6.07) is 14.3. The normalized spacial score (nSPS) is 17.4. The number of methoxy groups -OCH3 is 4. The zero-order valence-electron chi connectivity index (χ0n) is 20.8. The molecule has 2 amide bonds. The average molecular weight is 511 g/mol.